The minimum atomic E-state index is 0.821. The number of fused-ring (bicyclic) bond motifs is 1. The fourth-order valence-corrected chi connectivity index (χ4v) is 3.70. The van der Waals surface area contributed by atoms with Gasteiger partial charge in [0.25, 0.3) is 0 Å². The first-order valence-corrected chi connectivity index (χ1v) is 7.85. The molecule has 1 heterocycles. The smallest absolute Gasteiger partial charge is 0.0704 e. The Labute approximate surface area is 121 Å². The van der Waals surface area contributed by atoms with Crippen LogP contribution in [0.15, 0.2) is 36.5 Å². The lowest BCUT2D eigenvalue weighted by molar-refractivity contribution is 0.232. The van der Waals surface area contributed by atoms with E-state index in [1.807, 2.05) is 6.20 Å². The average molecular weight is 268 g/mol. The second-order valence-electron chi connectivity index (χ2n) is 6.05. The molecule has 0 bridgehead atoms. The third-order valence-electron chi connectivity index (χ3n) is 4.75. The fourth-order valence-electron chi connectivity index (χ4n) is 3.70. The number of hydrogen-bond acceptors (Lipinski definition) is 2. The highest BCUT2D eigenvalue weighted by molar-refractivity contribution is 5.81. The van der Waals surface area contributed by atoms with Crippen molar-refractivity contribution in [3.05, 3.63) is 42.1 Å². The lowest BCUT2D eigenvalue weighted by Crippen LogP contribution is -2.30. The van der Waals surface area contributed by atoms with Crippen molar-refractivity contribution in [1.29, 1.82) is 0 Å². The van der Waals surface area contributed by atoms with Crippen LogP contribution in [0.3, 0.4) is 0 Å². The number of nitrogens with one attached hydrogen (secondary N) is 1. The number of nitrogens with zero attached hydrogens (tertiary/aromatic N) is 1. The molecule has 0 radical (unpaired) electrons. The van der Waals surface area contributed by atoms with E-state index >= 15 is 0 Å². The molecule has 2 unspecified atom stereocenters. The van der Waals surface area contributed by atoms with Crippen molar-refractivity contribution >= 4 is 10.9 Å². The predicted molar refractivity (Wildman–Crippen MR) is 84.8 cm³/mol. The summed E-state index contributed by atoms with van der Waals surface area (Å²) in [5.41, 5.74) is 2.61. The maximum atomic E-state index is 4.48. The van der Waals surface area contributed by atoms with Crippen molar-refractivity contribution in [2.24, 2.45) is 11.8 Å². The monoisotopic (exact) mass is 268 g/mol. The number of pyridine rings is 1. The Bertz CT molecular complexity index is 557. The minimum Gasteiger partial charge on any atom is -0.319 e. The van der Waals surface area contributed by atoms with Crippen LogP contribution in [0.25, 0.3) is 10.9 Å². The number of aromatic nitrogens is 1. The van der Waals surface area contributed by atoms with Crippen LogP contribution in [0.4, 0.5) is 0 Å². The number of hydrogen-bond donors (Lipinski definition) is 1. The van der Waals surface area contributed by atoms with Gasteiger partial charge in [-0.25, -0.2) is 0 Å². The summed E-state index contributed by atoms with van der Waals surface area (Å²) in [5.74, 6) is 1.66. The molecular weight excluding hydrogens is 244 g/mol. The normalized spacial score (nSPS) is 23.1. The van der Waals surface area contributed by atoms with Gasteiger partial charge in [0.2, 0.25) is 0 Å². The number of para-hydroxylation sites is 1. The van der Waals surface area contributed by atoms with Gasteiger partial charge in [-0.3, -0.25) is 4.98 Å². The summed E-state index contributed by atoms with van der Waals surface area (Å²) in [6.07, 6.45) is 8.73. The van der Waals surface area contributed by atoms with Gasteiger partial charge in [0, 0.05) is 11.6 Å². The molecule has 1 aliphatic carbocycles. The number of benzene rings is 1. The molecule has 0 amide bonds. The quantitative estimate of drug-likeness (QED) is 0.912. The van der Waals surface area contributed by atoms with Gasteiger partial charge in [-0.15, -0.1) is 0 Å². The van der Waals surface area contributed by atoms with Crippen molar-refractivity contribution in [3.63, 3.8) is 0 Å². The highest BCUT2D eigenvalue weighted by Crippen LogP contribution is 2.33. The Morgan fingerprint density at radius 2 is 1.90 bits per heavy atom. The molecule has 2 nitrogen and oxygen atoms in total. The summed E-state index contributed by atoms with van der Waals surface area (Å²) in [5, 5.41) is 4.71. The molecule has 1 aromatic carbocycles. The van der Waals surface area contributed by atoms with Crippen molar-refractivity contribution in [2.75, 3.05) is 13.6 Å². The van der Waals surface area contributed by atoms with E-state index in [0.717, 1.165) is 23.9 Å². The summed E-state index contributed by atoms with van der Waals surface area (Å²) in [6, 6.07) is 10.7. The molecular formula is C18H24N2. The van der Waals surface area contributed by atoms with Crippen LogP contribution >= 0.6 is 0 Å². The topological polar surface area (TPSA) is 24.9 Å². The first kappa shape index (κ1) is 13.6. The van der Waals surface area contributed by atoms with Crippen LogP contribution in [-0.4, -0.2) is 18.6 Å². The second kappa shape index (κ2) is 6.36. The first-order valence-electron chi connectivity index (χ1n) is 7.85. The van der Waals surface area contributed by atoms with Gasteiger partial charge in [0.05, 0.1) is 5.52 Å². The van der Waals surface area contributed by atoms with Crippen molar-refractivity contribution in [1.82, 2.24) is 10.3 Å². The van der Waals surface area contributed by atoms with Gasteiger partial charge >= 0.3 is 0 Å². The summed E-state index contributed by atoms with van der Waals surface area (Å²) < 4.78 is 0. The molecule has 1 N–H and O–H groups in total. The van der Waals surface area contributed by atoms with Gasteiger partial charge in [-0.05, 0) is 62.4 Å². The first-order chi connectivity index (χ1) is 9.88. The van der Waals surface area contributed by atoms with E-state index in [9.17, 15) is 0 Å². The summed E-state index contributed by atoms with van der Waals surface area (Å²) >= 11 is 0. The van der Waals surface area contributed by atoms with Gasteiger partial charge in [0.1, 0.15) is 0 Å². The molecule has 2 heteroatoms. The van der Waals surface area contributed by atoms with E-state index in [2.05, 4.69) is 47.7 Å². The van der Waals surface area contributed by atoms with E-state index in [1.165, 1.54) is 43.1 Å². The molecule has 20 heavy (non-hydrogen) atoms. The lowest BCUT2D eigenvalue weighted by atomic mass is 9.76. The third kappa shape index (κ3) is 2.85. The zero-order valence-electron chi connectivity index (χ0n) is 12.3. The Balaban J connectivity index is 1.84. The predicted octanol–water partition coefficient (Wildman–Crippen LogP) is 3.80. The minimum absolute atomic E-state index is 0.821. The Morgan fingerprint density at radius 3 is 2.75 bits per heavy atom. The standard InChI is InChI=1S/C18H24N2/c1-19-13-16-7-3-2-6-14(16)12-15-10-11-20-18-9-5-4-8-17(15)18/h4-5,8-11,14,16,19H,2-3,6-7,12-13H2,1H3. The molecule has 1 aliphatic rings. The van der Waals surface area contributed by atoms with E-state index < -0.39 is 0 Å². The maximum Gasteiger partial charge on any atom is 0.0704 e. The molecule has 2 aromatic rings. The van der Waals surface area contributed by atoms with E-state index in [-0.39, 0.29) is 0 Å². The summed E-state index contributed by atoms with van der Waals surface area (Å²) in [6.45, 7) is 1.16. The van der Waals surface area contributed by atoms with Crippen LogP contribution in [0.5, 0.6) is 0 Å². The van der Waals surface area contributed by atoms with E-state index in [4.69, 9.17) is 0 Å². The molecule has 0 saturated heterocycles. The molecule has 3 rings (SSSR count). The second-order valence-corrected chi connectivity index (χ2v) is 6.05. The zero-order valence-corrected chi connectivity index (χ0v) is 12.3. The van der Waals surface area contributed by atoms with Crippen molar-refractivity contribution in [3.8, 4) is 0 Å². The van der Waals surface area contributed by atoms with E-state index in [0.29, 0.717) is 0 Å². The highest BCUT2D eigenvalue weighted by atomic mass is 14.8. The Hall–Kier alpha value is -1.41. The molecule has 0 aliphatic heterocycles. The van der Waals surface area contributed by atoms with Gasteiger partial charge in [0.15, 0.2) is 0 Å². The number of rotatable bonds is 4. The average Bonchev–Trinajstić information content (AvgIpc) is 2.50. The van der Waals surface area contributed by atoms with Crippen LogP contribution in [0.1, 0.15) is 31.2 Å². The summed E-state index contributed by atoms with van der Waals surface area (Å²) in [4.78, 5) is 4.48. The molecule has 106 valence electrons. The van der Waals surface area contributed by atoms with Crippen molar-refractivity contribution < 1.29 is 0 Å². The maximum absolute atomic E-state index is 4.48. The SMILES string of the molecule is CNCC1CCCCC1Cc1ccnc2ccccc12. The van der Waals surface area contributed by atoms with Crippen molar-refractivity contribution in [2.45, 2.75) is 32.1 Å². The molecule has 1 saturated carbocycles. The Kier molecular flexibility index (Phi) is 4.31. The van der Waals surface area contributed by atoms with Gasteiger partial charge < -0.3 is 5.32 Å². The lowest BCUT2D eigenvalue weighted by Gasteiger charge is -2.31. The zero-order chi connectivity index (χ0) is 13.8. The molecule has 1 fully saturated rings. The molecule has 0 spiro atoms. The van der Waals surface area contributed by atoms with Crippen LogP contribution in [0.2, 0.25) is 0 Å². The largest absolute Gasteiger partial charge is 0.319 e. The van der Waals surface area contributed by atoms with Crippen LogP contribution in [-0.2, 0) is 6.42 Å². The fraction of sp³-hybridized carbons (Fsp3) is 0.500. The summed E-state index contributed by atoms with van der Waals surface area (Å²) in [7, 11) is 2.08. The molecule has 2 atom stereocenters. The van der Waals surface area contributed by atoms with Crippen LogP contribution < -0.4 is 5.32 Å². The van der Waals surface area contributed by atoms with Crippen LogP contribution in [0, 0.1) is 11.8 Å². The van der Waals surface area contributed by atoms with Gasteiger partial charge in [-0.1, -0.05) is 31.0 Å². The highest BCUT2D eigenvalue weighted by Gasteiger charge is 2.25. The van der Waals surface area contributed by atoms with E-state index in [1.54, 1.807) is 0 Å². The third-order valence-corrected chi connectivity index (χ3v) is 4.75. The van der Waals surface area contributed by atoms with Gasteiger partial charge in [-0.2, -0.15) is 0 Å². The Morgan fingerprint density at radius 1 is 1.10 bits per heavy atom. The molecule has 1 aromatic heterocycles.